The molecule has 0 amide bonds. The average molecular weight is 238 g/mol. The largest absolute Gasteiger partial charge is 0.481 e. The van der Waals surface area contributed by atoms with E-state index in [2.05, 4.69) is 10.1 Å². The second-order valence-electron chi connectivity index (χ2n) is 3.05. The van der Waals surface area contributed by atoms with Gasteiger partial charge >= 0.3 is 11.4 Å². The lowest BCUT2D eigenvalue weighted by molar-refractivity contribution is -0.142. The van der Waals surface area contributed by atoms with Crippen LogP contribution in [0.1, 0.15) is 19.8 Å². The molecule has 1 aliphatic rings. The van der Waals surface area contributed by atoms with E-state index in [0.717, 1.165) is 19.4 Å². The number of hydrogen-bond acceptors (Lipinski definition) is 4. The van der Waals surface area contributed by atoms with Crippen molar-refractivity contribution >= 4 is 23.0 Å². The maximum absolute atomic E-state index is 10.3. The SMILES string of the molecule is CCOC(=O)Cl.O=C(O)C1CCCNC1. The van der Waals surface area contributed by atoms with Crippen LogP contribution in [-0.4, -0.2) is 36.2 Å². The van der Waals surface area contributed by atoms with Crippen LogP contribution in [0.15, 0.2) is 0 Å². The number of aliphatic carboxylic acids is 1. The normalized spacial score (nSPS) is 19.7. The highest BCUT2D eigenvalue weighted by Crippen LogP contribution is 2.08. The van der Waals surface area contributed by atoms with Gasteiger partial charge < -0.3 is 15.2 Å². The van der Waals surface area contributed by atoms with Gasteiger partial charge in [-0.1, -0.05) is 0 Å². The van der Waals surface area contributed by atoms with E-state index < -0.39 is 11.4 Å². The van der Waals surface area contributed by atoms with Gasteiger partial charge in [0, 0.05) is 18.1 Å². The average Bonchev–Trinajstić information content (AvgIpc) is 2.20. The molecule has 0 saturated carbocycles. The number of carbonyl (C=O) groups is 2. The smallest absolute Gasteiger partial charge is 0.403 e. The molecule has 0 aromatic rings. The van der Waals surface area contributed by atoms with Gasteiger partial charge in [-0.2, -0.15) is 0 Å². The number of ether oxygens (including phenoxy) is 1. The van der Waals surface area contributed by atoms with Crippen LogP contribution in [0, 0.1) is 5.92 Å². The van der Waals surface area contributed by atoms with Crippen LogP contribution in [0.4, 0.5) is 4.79 Å². The molecule has 0 spiro atoms. The number of carboxylic acid groups (broad SMARTS) is 1. The summed E-state index contributed by atoms with van der Waals surface area (Å²) in [5, 5.41) is 11.5. The number of carbonyl (C=O) groups excluding carboxylic acids is 1. The second kappa shape index (κ2) is 8.49. The van der Waals surface area contributed by atoms with Gasteiger partial charge in [-0.15, -0.1) is 0 Å². The van der Waals surface area contributed by atoms with E-state index in [4.69, 9.17) is 16.7 Å². The van der Waals surface area contributed by atoms with Crippen LogP contribution >= 0.6 is 11.6 Å². The monoisotopic (exact) mass is 237 g/mol. The highest BCUT2D eigenvalue weighted by molar-refractivity contribution is 6.61. The molecule has 2 N–H and O–H groups in total. The second-order valence-corrected chi connectivity index (χ2v) is 3.36. The number of rotatable bonds is 2. The summed E-state index contributed by atoms with van der Waals surface area (Å²) < 4.78 is 4.17. The van der Waals surface area contributed by atoms with Gasteiger partial charge in [0.15, 0.2) is 0 Å². The summed E-state index contributed by atoms with van der Waals surface area (Å²) >= 11 is 4.72. The molecule has 0 aliphatic carbocycles. The molecule has 6 heteroatoms. The number of piperidine rings is 1. The molecular formula is C9H16ClNO4. The van der Waals surface area contributed by atoms with E-state index in [-0.39, 0.29) is 5.92 Å². The zero-order chi connectivity index (χ0) is 11.7. The lowest BCUT2D eigenvalue weighted by Gasteiger charge is -2.18. The Labute approximate surface area is 93.7 Å². The first-order valence-corrected chi connectivity index (χ1v) is 5.21. The van der Waals surface area contributed by atoms with Crippen molar-refractivity contribution in [2.45, 2.75) is 19.8 Å². The molecule has 1 aliphatic heterocycles. The Hall–Kier alpha value is -0.810. The fourth-order valence-corrected chi connectivity index (χ4v) is 1.29. The van der Waals surface area contributed by atoms with Crippen LogP contribution in [0.2, 0.25) is 0 Å². The van der Waals surface area contributed by atoms with E-state index in [0.29, 0.717) is 13.2 Å². The third-order valence-corrected chi connectivity index (χ3v) is 2.01. The van der Waals surface area contributed by atoms with Gasteiger partial charge in [0.2, 0.25) is 0 Å². The van der Waals surface area contributed by atoms with Gasteiger partial charge in [-0.25, -0.2) is 4.79 Å². The predicted octanol–water partition coefficient (Wildman–Crippen LogP) is 1.45. The van der Waals surface area contributed by atoms with Crippen molar-refractivity contribution in [1.82, 2.24) is 5.32 Å². The Bertz CT molecular complexity index is 204. The Morgan fingerprint density at radius 3 is 2.47 bits per heavy atom. The van der Waals surface area contributed by atoms with Crippen molar-refractivity contribution in [3.8, 4) is 0 Å². The van der Waals surface area contributed by atoms with E-state index >= 15 is 0 Å². The number of carboxylic acids is 1. The first-order valence-electron chi connectivity index (χ1n) is 4.83. The van der Waals surface area contributed by atoms with Crippen molar-refractivity contribution in [3.63, 3.8) is 0 Å². The van der Waals surface area contributed by atoms with Crippen molar-refractivity contribution in [1.29, 1.82) is 0 Å². The zero-order valence-corrected chi connectivity index (χ0v) is 9.42. The minimum absolute atomic E-state index is 0.140. The molecule has 1 heterocycles. The van der Waals surface area contributed by atoms with Crippen LogP contribution in [0.5, 0.6) is 0 Å². The fourth-order valence-electron chi connectivity index (χ4n) is 1.18. The molecule has 0 aromatic carbocycles. The fraction of sp³-hybridized carbons (Fsp3) is 0.778. The highest BCUT2D eigenvalue weighted by atomic mass is 35.5. The van der Waals surface area contributed by atoms with Gasteiger partial charge in [0.25, 0.3) is 0 Å². The molecule has 5 nitrogen and oxygen atoms in total. The zero-order valence-electron chi connectivity index (χ0n) is 8.66. The number of halogens is 1. The van der Waals surface area contributed by atoms with E-state index in [1.165, 1.54) is 0 Å². The third-order valence-electron chi connectivity index (χ3n) is 1.90. The van der Waals surface area contributed by atoms with Crippen molar-refractivity contribution in [3.05, 3.63) is 0 Å². The molecule has 1 unspecified atom stereocenters. The van der Waals surface area contributed by atoms with Crippen LogP contribution < -0.4 is 5.32 Å². The summed E-state index contributed by atoms with van der Waals surface area (Å²) in [6.45, 7) is 3.67. The van der Waals surface area contributed by atoms with Gasteiger partial charge in [-0.3, -0.25) is 4.79 Å². The molecule has 1 saturated heterocycles. The molecule has 88 valence electrons. The summed E-state index contributed by atoms with van der Waals surface area (Å²) in [5.74, 6) is -0.805. The van der Waals surface area contributed by atoms with Crippen molar-refractivity contribution in [2.75, 3.05) is 19.7 Å². The van der Waals surface area contributed by atoms with E-state index in [1.54, 1.807) is 6.92 Å². The Morgan fingerprint density at radius 1 is 1.60 bits per heavy atom. The lowest BCUT2D eigenvalue weighted by atomic mass is 10.0. The summed E-state index contributed by atoms with van der Waals surface area (Å²) in [4.78, 5) is 19.9. The molecule has 0 radical (unpaired) electrons. The summed E-state index contributed by atoms with van der Waals surface area (Å²) in [7, 11) is 0. The minimum Gasteiger partial charge on any atom is -0.481 e. The highest BCUT2D eigenvalue weighted by Gasteiger charge is 2.18. The maximum atomic E-state index is 10.3. The van der Waals surface area contributed by atoms with Crippen molar-refractivity contribution in [2.24, 2.45) is 5.92 Å². The summed E-state index contributed by atoms with van der Waals surface area (Å²) in [6, 6.07) is 0. The molecule has 1 rings (SSSR count). The standard InChI is InChI=1S/C6H11NO2.C3H5ClO2/c8-6(9)5-2-1-3-7-4-5;1-2-6-3(4)5/h5,7H,1-4H2,(H,8,9);2H2,1H3. The number of nitrogens with one attached hydrogen (secondary N) is 1. The lowest BCUT2D eigenvalue weighted by Crippen LogP contribution is -2.34. The molecule has 1 atom stereocenters. The van der Waals surface area contributed by atoms with E-state index in [9.17, 15) is 9.59 Å². The first kappa shape index (κ1) is 14.2. The first-order chi connectivity index (χ1) is 7.07. The molecular weight excluding hydrogens is 222 g/mol. The summed E-state index contributed by atoms with van der Waals surface area (Å²) in [5.41, 5.74) is -0.738. The third kappa shape index (κ3) is 8.20. The topological polar surface area (TPSA) is 75.6 Å². The van der Waals surface area contributed by atoms with Crippen LogP contribution in [-0.2, 0) is 9.53 Å². The minimum atomic E-state index is -0.738. The number of hydrogen-bond donors (Lipinski definition) is 2. The molecule has 15 heavy (non-hydrogen) atoms. The molecule has 1 fully saturated rings. The molecule has 0 bridgehead atoms. The summed E-state index contributed by atoms with van der Waals surface area (Å²) in [6.07, 6.45) is 1.83. The Kier molecular flexibility index (Phi) is 8.04. The van der Waals surface area contributed by atoms with Gasteiger partial charge in [0.05, 0.1) is 12.5 Å². The van der Waals surface area contributed by atoms with Gasteiger partial charge in [0.1, 0.15) is 0 Å². The van der Waals surface area contributed by atoms with Gasteiger partial charge in [-0.05, 0) is 26.3 Å². The van der Waals surface area contributed by atoms with Crippen LogP contribution in [0.3, 0.4) is 0 Å². The quantitative estimate of drug-likeness (QED) is 0.711. The van der Waals surface area contributed by atoms with E-state index in [1.807, 2.05) is 0 Å². The molecule has 0 aromatic heterocycles. The Balaban J connectivity index is 0.000000288. The Morgan fingerprint density at radius 2 is 2.27 bits per heavy atom. The van der Waals surface area contributed by atoms with Crippen molar-refractivity contribution < 1.29 is 19.4 Å². The maximum Gasteiger partial charge on any atom is 0.403 e. The van der Waals surface area contributed by atoms with Crippen LogP contribution in [0.25, 0.3) is 0 Å². The predicted molar refractivity (Wildman–Crippen MR) is 56.1 cm³/mol.